The molecule has 2 unspecified atom stereocenters. The lowest BCUT2D eigenvalue weighted by Crippen LogP contribution is -2.57. The summed E-state index contributed by atoms with van der Waals surface area (Å²) in [6.07, 6.45) is 0. The van der Waals surface area contributed by atoms with Gasteiger partial charge in [0.25, 0.3) is 0 Å². The molecule has 0 aromatic carbocycles. The zero-order valence-corrected chi connectivity index (χ0v) is 9.51. The summed E-state index contributed by atoms with van der Waals surface area (Å²) < 4.78 is 5.23. The molecule has 0 saturated carbocycles. The molecule has 1 aliphatic heterocycles. The van der Waals surface area contributed by atoms with Gasteiger partial charge in [0.1, 0.15) is 0 Å². The number of carbonyl (C=O) groups excluding carboxylic acids is 1. The van der Waals surface area contributed by atoms with Gasteiger partial charge in [-0.2, -0.15) is 0 Å². The molecule has 0 aliphatic carbocycles. The largest absolute Gasteiger partial charge is 0.380 e. The number of piperazine rings is 1. The van der Waals surface area contributed by atoms with Crippen LogP contribution in [0.3, 0.4) is 0 Å². The third-order valence-electron chi connectivity index (χ3n) is 2.32. The van der Waals surface area contributed by atoms with Crippen molar-refractivity contribution in [2.45, 2.75) is 25.9 Å². The molecule has 0 aromatic rings. The molecule has 0 radical (unpaired) electrons. The van der Waals surface area contributed by atoms with Crippen LogP contribution in [0.2, 0.25) is 0 Å². The Kier molecular flexibility index (Phi) is 5.60. The average Bonchev–Trinajstić information content (AvgIpc) is 2.27. The molecular formula is C10H21N3O2. The summed E-state index contributed by atoms with van der Waals surface area (Å²) >= 11 is 0. The van der Waals surface area contributed by atoms with Gasteiger partial charge in [-0.1, -0.05) is 0 Å². The number of rotatable bonds is 5. The van der Waals surface area contributed by atoms with E-state index >= 15 is 0 Å². The lowest BCUT2D eigenvalue weighted by molar-refractivity contribution is -0.124. The Morgan fingerprint density at radius 1 is 1.60 bits per heavy atom. The maximum absolute atomic E-state index is 11.7. The van der Waals surface area contributed by atoms with Gasteiger partial charge in [0.2, 0.25) is 5.91 Å². The predicted molar refractivity (Wildman–Crippen MR) is 58.8 cm³/mol. The Bertz CT molecular complexity index is 193. The fourth-order valence-corrected chi connectivity index (χ4v) is 1.52. The quantitative estimate of drug-likeness (QED) is 0.555. The van der Waals surface area contributed by atoms with Gasteiger partial charge in [-0.05, 0) is 13.8 Å². The van der Waals surface area contributed by atoms with Crippen LogP contribution in [0, 0.1) is 0 Å². The smallest absolute Gasteiger partial charge is 0.238 e. The van der Waals surface area contributed by atoms with Crippen molar-refractivity contribution in [3.8, 4) is 0 Å². The summed E-state index contributed by atoms with van der Waals surface area (Å²) in [5.41, 5.74) is 0. The van der Waals surface area contributed by atoms with Crippen LogP contribution in [0.4, 0.5) is 0 Å². The lowest BCUT2D eigenvalue weighted by atomic mass is 10.2. The van der Waals surface area contributed by atoms with Crippen LogP contribution in [0.1, 0.15) is 13.8 Å². The molecule has 15 heavy (non-hydrogen) atoms. The summed E-state index contributed by atoms with van der Waals surface area (Å²) in [6.45, 7) is 7.63. The predicted octanol–water partition coefficient (Wildman–Crippen LogP) is -0.911. The first kappa shape index (κ1) is 12.4. The first-order valence-electron chi connectivity index (χ1n) is 5.56. The SMILES string of the molecule is CCOCC(C)NC(=O)C1CNCCN1. The maximum atomic E-state index is 11.7. The minimum absolute atomic E-state index is 0.0504. The first-order chi connectivity index (χ1) is 7.24. The molecule has 1 heterocycles. The lowest BCUT2D eigenvalue weighted by Gasteiger charge is -2.25. The van der Waals surface area contributed by atoms with Gasteiger partial charge in [-0.25, -0.2) is 0 Å². The van der Waals surface area contributed by atoms with Gasteiger partial charge in [-0.15, -0.1) is 0 Å². The topological polar surface area (TPSA) is 62.4 Å². The maximum Gasteiger partial charge on any atom is 0.238 e. The number of carbonyl (C=O) groups is 1. The van der Waals surface area contributed by atoms with Crippen LogP contribution in [-0.2, 0) is 9.53 Å². The van der Waals surface area contributed by atoms with Crippen LogP contribution in [-0.4, -0.2) is 50.8 Å². The number of ether oxygens (including phenoxy) is 1. The van der Waals surface area contributed by atoms with Crippen LogP contribution in [0.15, 0.2) is 0 Å². The molecule has 1 rings (SSSR count). The Labute approximate surface area is 90.9 Å². The second-order valence-electron chi connectivity index (χ2n) is 3.78. The van der Waals surface area contributed by atoms with Gasteiger partial charge in [0.15, 0.2) is 0 Å². The molecule has 0 spiro atoms. The third kappa shape index (κ3) is 4.59. The van der Waals surface area contributed by atoms with E-state index in [-0.39, 0.29) is 18.0 Å². The molecule has 2 atom stereocenters. The molecular weight excluding hydrogens is 194 g/mol. The van der Waals surface area contributed by atoms with Crippen molar-refractivity contribution in [2.75, 3.05) is 32.8 Å². The van der Waals surface area contributed by atoms with Crippen molar-refractivity contribution in [1.82, 2.24) is 16.0 Å². The number of hydrogen-bond acceptors (Lipinski definition) is 4. The molecule has 1 fully saturated rings. The highest BCUT2D eigenvalue weighted by Gasteiger charge is 2.21. The summed E-state index contributed by atoms with van der Waals surface area (Å²) in [5, 5.41) is 9.26. The second kappa shape index (κ2) is 6.76. The normalized spacial score (nSPS) is 23.5. The third-order valence-corrected chi connectivity index (χ3v) is 2.32. The summed E-state index contributed by atoms with van der Waals surface area (Å²) in [4.78, 5) is 11.7. The monoisotopic (exact) mass is 215 g/mol. The van der Waals surface area contributed by atoms with Gasteiger partial charge >= 0.3 is 0 Å². The van der Waals surface area contributed by atoms with Crippen LogP contribution >= 0.6 is 0 Å². The number of nitrogens with one attached hydrogen (secondary N) is 3. The van der Waals surface area contributed by atoms with E-state index in [4.69, 9.17) is 4.74 Å². The zero-order valence-electron chi connectivity index (χ0n) is 9.51. The van der Waals surface area contributed by atoms with Crippen molar-refractivity contribution in [3.05, 3.63) is 0 Å². The Hall–Kier alpha value is -0.650. The van der Waals surface area contributed by atoms with Gasteiger partial charge < -0.3 is 20.7 Å². The number of amides is 1. The fraction of sp³-hybridized carbons (Fsp3) is 0.900. The summed E-state index contributed by atoms with van der Waals surface area (Å²) in [6, 6.07) is -0.0380. The van der Waals surface area contributed by atoms with E-state index in [2.05, 4.69) is 16.0 Å². The van der Waals surface area contributed by atoms with E-state index in [1.54, 1.807) is 0 Å². The minimum Gasteiger partial charge on any atom is -0.380 e. The Morgan fingerprint density at radius 2 is 2.40 bits per heavy atom. The Morgan fingerprint density at radius 3 is 3.00 bits per heavy atom. The standard InChI is InChI=1S/C10H21N3O2/c1-3-15-7-8(2)13-10(14)9-6-11-4-5-12-9/h8-9,11-12H,3-7H2,1-2H3,(H,13,14). The van der Waals surface area contributed by atoms with Crippen LogP contribution in [0.5, 0.6) is 0 Å². The second-order valence-corrected chi connectivity index (χ2v) is 3.78. The van der Waals surface area contributed by atoms with Gasteiger partial charge in [-0.3, -0.25) is 4.79 Å². The number of hydrogen-bond donors (Lipinski definition) is 3. The van der Waals surface area contributed by atoms with E-state index in [1.807, 2.05) is 13.8 Å². The molecule has 0 aromatic heterocycles. The molecule has 1 saturated heterocycles. The van der Waals surface area contributed by atoms with Crippen LogP contribution < -0.4 is 16.0 Å². The van der Waals surface area contributed by atoms with E-state index in [0.29, 0.717) is 19.8 Å². The molecule has 88 valence electrons. The highest BCUT2D eigenvalue weighted by molar-refractivity contribution is 5.82. The zero-order chi connectivity index (χ0) is 11.1. The van der Waals surface area contributed by atoms with Crippen LogP contribution in [0.25, 0.3) is 0 Å². The van der Waals surface area contributed by atoms with E-state index in [0.717, 1.165) is 13.1 Å². The fourth-order valence-electron chi connectivity index (χ4n) is 1.52. The highest BCUT2D eigenvalue weighted by atomic mass is 16.5. The van der Waals surface area contributed by atoms with Crippen molar-refractivity contribution < 1.29 is 9.53 Å². The van der Waals surface area contributed by atoms with E-state index in [1.165, 1.54) is 0 Å². The molecule has 3 N–H and O–H groups in total. The molecule has 1 aliphatic rings. The van der Waals surface area contributed by atoms with Crippen molar-refractivity contribution in [3.63, 3.8) is 0 Å². The summed E-state index contributed by atoms with van der Waals surface area (Å²) in [7, 11) is 0. The van der Waals surface area contributed by atoms with Gasteiger partial charge in [0.05, 0.1) is 12.6 Å². The van der Waals surface area contributed by atoms with E-state index in [9.17, 15) is 4.79 Å². The average molecular weight is 215 g/mol. The molecule has 1 amide bonds. The molecule has 5 nitrogen and oxygen atoms in total. The first-order valence-corrected chi connectivity index (χ1v) is 5.56. The summed E-state index contributed by atoms with van der Waals surface area (Å²) in [5.74, 6) is 0.0504. The van der Waals surface area contributed by atoms with Crippen molar-refractivity contribution in [1.29, 1.82) is 0 Å². The van der Waals surface area contributed by atoms with E-state index < -0.39 is 0 Å². The molecule has 0 bridgehead atoms. The minimum atomic E-state index is -0.108. The molecule has 5 heteroatoms. The Balaban J connectivity index is 2.21. The van der Waals surface area contributed by atoms with Crippen molar-refractivity contribution >= 4 is 5.91 Å². The van der Waals surface area contributed by atoms with Crippen molar-refractivity contribution in [2.24, 2.45) is 0 Å². The highest BCUT2D eigenvalue weighted by Crippen LogP contribution is 1.90. The van der Waals surface area contributed by atoms with Gasteiger partial charge in [0, 0.05) is 32.3 Å².